The van der Waals surface area contributed by atoms with Crippen LogP contribution in [0.1, 0.15) is 0 Å². The largest absolute Gasteiger partial charge is 0.363 e. The molecule has 14 heavy (non-hydrogen) atoms. The van der Waals surface area contributed by atoms with E-state index in [1.54, 1.807) is 18.3 Å². The van der Waals surface area contributed by atoms with E-state index in [0.717, 1.165) is 0 Å². The van der Waals surface area contributed by atoms with Crippen LogP contribution < -0.4 is 5.32 Å². The summed E-state index contributed by atoms with van der Waals surface area (Å²) < 4.78 is 22.2. The monoisotopic (exact) mass is 210 g/mol. The number of aromatic nitrogens is 1. The maximum absolute atomic E-state index is 11.1. The Morgan fingerprint density at radius 2 is 2.29 bits per heavy atom. The molecular weight excluding hydrogens is 200 g/mol. The highest BCUT2D eigenvalue weighted by Crippen LogP contribution is 2.12. The van der Waals surface area contributed by atoms with Gasteiger partial charge in [0.2, 0.25) is 0 Å². The molecule has 4 nitrogen and oxygen atoms in total. The molecule has 0 saturated carbocycles. The van der Waals surface area contributed by atoms with Crippen molar-refractivity contribution >= 4 is 15.7 Å². The second-order valence-electron chi connectivity index (χ2n) is 3.12. The normalized spacial score (nSPS) is 23.6. The molecule has 0 amide bonds. The quantitative estimate of drug-likeness (QED) is 0.784. The molecule has 1 aromatic heterocycles. The highest BCUT2D eigenvalue weighted by Gasteiger charge is 2.21. The molecule has 0 radical (unpaired) electrons. The van der Waals surface area contributed by atoms with Gasteiger partial charge in [-0.1, -0.05) is 6.07 Å². The first-order valence-electron chi connectivity index (χ1n) is 4.24. The van der Waals surface area contributed by atoms with Gasteiger partial charge >= 0.3 is 0 Å². The first-order valence-corrected chi connectivity index (χ1v) is 5.96. The van der Waals surface area contributed by atoms with E-state index in [4.69, 9.17) is 0 Å². The number of nitrogens with zero attached hydrogens (tertiary/aromatic N) is 1. The topological polar surface area (TPSA) is 59.1 Å². The van der Waals surface area contributed by atoms with Gasteiger partial charge in [-0.05, 0) is 18.2 Å². The van der Waals surface area contributed by atoms with E-state index in [-0.39, 0.29) is 11.8 Å². The van der Waals surface area contributed by atoms with Crippen LogP contribution in [0.3, 0.4) is 0 Å². The maximum Gasteiger partial charge on any atom is 0.173 e. The molecule has 0 fully saturated rings. The van der Waals surface area contributed by atoms with Gasteiger partial charge in [0.05, 0.1) is 11.8 Å². The van der Waals surface area contributed by atoms with Crippen molar-refractivity contribution in [1.82, 2.24) is 4.98 Å². The molecule has 74 valence electrons. The van der Waals surface area contributed by atoms with Crippen molar-refractivity contribution in [2.45, 2.75) is 6.04 Å². The average molecular weight is 210 g/mol. The molecule has 1 N–H and O–H groups in total. The van der Waals surface area contributed by atoms with Crippen molar-refractivity contribution in [1.29, 1.82) is 0 Å². The third-order valence-electron chi connectivity index (χ3n) is 1.93. The molecule has 1 unspecified atom stereocenters. The molecule has 1 aromatic rings. The summed E-state index contributed by atoms with van der Waals surface area (Å²) in [6.45, 7) is 0. The van der Waals surface area contributed by atoms with Crippen LogP contribution >= 0.6 is 0 Å². The Balaban J connectivity index is 2.05. The second kappa shape index (κ2) is 3.42. The Morgan fingerprint density at radius 1 is 1.43 bits per heavy atom. The van der Waals surface area contributed by atoms with E-state index in [9.17, 15) is 8.42 Å². The molecule has 1 aliphatic rings. The van der Waals surface area contributed by atoms with Gasteiger partial charge in [-0.15, -0.1) is 0 Å². The van der Waals surface area contributed by atoms with Crippen LogP contribution in [0.15, 0.2) is 35.9 Å². The summed E-state index contributed by atoms with van der Waals surface area (Å²) in [5, 5.41) is 4.26. The second-order valence-corrected chi connectivity index (χ2v) is 5.06. The van der Waals surface area contributed by atoms with Crippen LogP contribution in [0.25, 0.3) is 0 Å². The fourth-order valence-electron chi connectivity index (χ4n) is 1.30. The predicted molar refractivity (Wildman–Crippen MR) is 54.6 cm³/mol. The van der Waals surface area contributed by atoms with Gasteiger partial charge in [0.25, 0.3) is 0 Å². The zero-order valence-corrected chi connectivity index (χ0v) is 8.24. The van der Waals surface area contributed by atoms with E-state index in [0.29, 0.717) is 5.82 Å². The van der Waals surface area contributed by atoms with Crippen LogP contribution in [0.2, 0.25) is 0 Å². The predicted octanol–water partition coefficient (Wildman–Crippen LogP) is 0.804. The zero-order chi connectivity index (χ0) is 10.0. The van der Waals surface area contributed by atoms with Gasteiger partial charge in [0.15, 0.2) is 9.84 Å². The standard InChI is InChI=1S/C9H10N2O2S/c12-14(13)6-4-8(7-14)11-9-3-1-2-5-10-9/h1-6,8H,7H2,(H,10,11). The molecule has 0 bridgehead atoms. The van der Waals surface area contributed by atoms with Crippen molar-refractivity contribution < 1.29 is 8.42 Å². The molecule has 2 rings (SSSR count). The first kappa shape index (κ1) is 9.21. The molecule has 0 aliphatic carbocycles. The fourth-order valence-corrected chi connectivity index (χ4v) is 2.54. The van der Waals surface area contributed by atoms with Gasteiger partial charge in [0, 0.05) is 11.6 Å². The summed E-state index contributed by atoms with van der Waals surface area (Å²) in [5.74, 6) is 0.808. The minimum absolute atomic E-state index is 0.115. The van der Waals surface area contributed by atoms with Crippen molar-refractivity contribution in [2.24, 2.45) is 0 Å². The number of nitrogens with one attached hydrogen (secondary N) is 1. The Bertz CT molecular complexity index is 439. The summed E-state index contributed by atoms with van der Waals surface area (Å²) >= 11 is 0. The number of sulfone groups is 1. The minimum Gasteiger partial charge on any atom is -0.363 e. The molecular formula is C9H10N2O2S. The van der Waals surface area contributed by atoms with Crippen LogP contribution in [0.5, 0.6) is 0 Å². The molecule has 0 aromatic carbocycles. The smallest absolute Gasteiger partial charge is 0.173 e. The lowest BCUT2D eigenvalue weighted by Crippen LogP contribution is -2.21. The Kier molecular flexibility index (Phi) is 2.25. The van der Waals surface area contributed by atoms with Gasteiger partial charge in [-0.2, -0.15) is 0 Å². The van der Waals surface area contributed by atoms with Gasteiger partial charge < -0.3 is 5.32 Å². The third-order valence-corrected chi connectivity index (χ3v) is 3.32. The number of hydrogen-bond donors (Lipinski definition) is 1. The van der Waals surface area contributed by atoms with E-state index < -0.39 is 9.84 Å². The lowest BCUT2D eigenvalue weighted by atomic mass is 10.3. The zero-order valence-electron chi connectivity index (χ0n) is 7.42. The maximum atomic E-state index is 11.1. The van der Waals surface area contributed by atoms with Crippen molar-refractivity contribution in [2.75, 3.05) is 11.1 Å². The van der Waals surface area contributed by atoms with Gasteiger partial charge in [-0.3, -0.25) is 0 Å². The van der Waals surface area contributed by atoms with Crippen LogP contribution in [0.4, 0.5) is 5.82 Å². The van der Waals surface area contributed by atoms with Crippen LogP contribution in [0, 0.1) is 0 Å². The van der Waals surface area contributed by atoms with Crippen LogP contribution in [-0.2, 0) is 9.84 Å². The Hall–Kier alpha value is -1.36. The summed E-state index contributed by atoms with van der Waals surface area (Å²) in [6, 6.07) is 5.31. The molecule has 1 aliphatic heterocycles. The number of rotatable bonds is 2. The summed E-state index contributed by atoms with van der Waals surface area (Å²) in [6.07, 6.45) is 3.31. The lowest BCUT2D eigenvalue weighted by Gasteiger charge is -2.09. The van der Waals surface area contributed by atoms with E-state index in [1.165, 1.54) is 5.41 Å². The molecule has 1 atom stereocenters. The van der Waals surface area contributed by atoms with Crippen LogP contribution in [-0.4, -0.2) is 25.2 Å². The van der Waals surface area contributed by atoms with E-state index >= 15 is 0 Å². The van der Waals surface area contributed by atoms with Crippen molar-refractivity contribution in [3.05, 3.63) is 35.9 Å². The Morgan fingerprint density at radius 3 is 2.86 bits per heavy atom. The summed E-state index contributed by atoms with van der Waals surface area (Å²) in [7, 11) is -2.99. The lowest BCUT2D eigenvalue weighted by molar-refractivity contribution is 0.605. The minimum atomic E-state index is -2.99. The highest BCUT2D eigenvalue weighted by atomic mass is 32.2. The molecule has 2 heterocycles. The van der Waals surface area contributed by atoms with Gasteiger partial charge in [-0.25, -0.2) is 13.4 Å². The molecule has 0 spiro atoms. The number of anilines is 1. The summed E-state index contributed by atoms with van der Waals surface area (Å²) in [4.78, 5) is 4.05. The third kappa shape index (κ3) is 2.11. The molecule has 0 saturated heterocycles. The van der Waals surface area contributed by atoms with E-state index in [2.05, 4.69) is 10.3 Å². The SMILES string of the molecule is O=S1(=O)C=CC(Nc2ccccn2)C1. The fraction of sp³-hybridized carbons (Fsp3) is 0.222. The first-order chi connectivity index (χ1) is 6.66. The average Bonchev–Trinajstić information content (AvgIpc) is 2.47. The number of pyridine rings is 1. The van der Waals surface area contributed by atoms with Gasteiger partial charge in [0.1, 0.15) is 5.82 Å². The molecule has 5 heteroatoms. The van der Waals surface area contributed by atoms with Crippen molar-refractivity contribution in [3.63, 3.8) is 0 Å². The number of hydrogen-bond acceptors (Lipinski definition) is 4. The Labute approximate surface area is 82.6 Å². The highest BCUT2D eigenvalue weighted by molar-refractivity contribution is 7.94. The van der Waals surface area contributed by atoms with Crippen molar-refractivity contribution in [3.8, 4) is 0 Å². The van der Waals surface area contributed by atoms with E-state index in [1.807, 2.05) is 12.1 Å². The summed E-state index contributed by atoms with van der Waals surface area (Å²) in [5.41, 5.74) is 0.